The molecule has 1 fully saturated rings. The molecule has 0 saturated heterocycles. The van der Waals surface area contributed by atoms with Crippen LogP contribution in [0.4, 0.5) is 0 Å². The number of primary amides is 3. The minimum atomic E-state index is -1.17. The average molecular weight is 425 g/mol. The molecule has 30 heavy (non-hydrogen) atoms. The van der Waals surface area contributed by atoms with Gasteiger partial charge in [-0.1, -0.05) is 51.9 Å². The van der Waals surface area contributed by atoms with Crippen LogP contribution in [-0.2, 0) is 19.2 Å². The van der Waals surface area contributed by atoms with Crippen LogP contribution in [0.5, 0.6) is 0 Å². The van der Waals surface area contributed by atoms with E-state index in [-0.39, 0.29) is 18.4 Å². The van der Waals surface area contributed by atoms with E-state index in [0.29, 0.717) is 0 Å². The zero-order valence-corrected chi connectivity index (χ0v) is 18.4. The molecule has 0 radical (unpaired) electrons. The summed E-state index contributed by atoms with van der Waals surface area (Å²) in [7, 11) is 0. The van der Waals surface area contributed by atoms with Crippen LogP contribution in [0.15, 0.2) is 0 Å². The molecule has 2 unspecified atom stereocenters. The van der Waals surface area contributed by atoms with Gasteiger partial charge in [0.05, 0.1) is 11.8 Å². The fraction of sp³-hybridized carbons (Fsp3) is 0.818. The summed E-state index contributed by atoms with van der Waals surface area (Å²) in [6.07, 6.45) is 12.4. The van der Waals surface area contributed by atoms with Gasteiger partial charge in [0.15, 0.2) is 0 Å². The molecule has 4 amide bonds. The Kier molecular flexibility index (Phi) is 12.1. The van der Waals surface area contributed by atoms with Crippen LogP contribution in [0.2, 0.25) is 0 Å². The molecule has 0 aromatic heterocycles. The molecule has 0 aromatic carbocycles. The lowest BCUT2D eigenvalue weighted by atomic mass is 9.82. The van der Waals surface area contributed by atoms with Gasteiger partial charge in [-0.15, -0.1) is 0 Å². The van der Waals surface area contributed by atoms with E-state index < -0.39 is 36.0 Å². The van der Waals surface area contributed by atoms with Crippen molar-refractivity contribution in [3.63, 3.8) is 0 Å². The quantitative estimate of drug-likeness (QED) is 0.296. The molecule has 0 heterocycles. The number of hydrogen-bond acceptors (Lipinski definition) is 4. The largest absolute Gasteiger partial charge is 0.370 e. The van der Waals surface area contributed by atoms with Crippen LogP contribution in [-0.4, -0.2) is 29.7 Å². The summed E-state index contributed by atoms with van der Waals surface area (Å²) in [5.74, 6) is -4.41. The van der Waals surface area contributed by atoms with E-state index in [4.69, 9.17) is 17.2 Å². The summed E-state index contributed by atoms with van der Waals surface area (Å²) in [5, 5.41) is 2.95. The molecule has 0 aromatic rings. The zero-order valence-electron chi connectivity index (χ0n) is 18.4. The molecule has 8 heteroatoms. The van der Waals surface area contributed by atoms with E-state index in [1.807, 2.05) is 0 Å². The number of nitrogens with one attached hydrogen (secondary N) is 1. The Morgan fingerprint density at radius 3 is 1.87 bits per heavy atom. The minimum Gasteiger partial charge on any atom is -0.370 e. The van der Waals surface area contributed by atoms with Gasteiger partial charge in [-0.3, -0.25) is 19.2 Å². The van der Waals surface area contributed by atoms with Gasteiger partial charge in [-0.2, -0.15) is 0 Å². The van der Waals surface area contributed by atoms with Gasteiger partial charge in [-0.05, 0) is 31.6 Å². The van der Waals surface area contributed by atoms with Gasteiger partial charge < -0.3 is 22.5 Å². The molecule has 1 rings (SSSR count). The van der Waals surface area contributed by atoms with E-state index >= 15 is 0 Å². The van der Waals surface area contributed by atoms with Gasteiger partial charge >= 0.3 is 0 Å². The van der Waals surface area contributed by atoms with E-state index in [1.54, 1.807) is 0 Å². The van der Waals surface area contributed by atoms with E-state index in [9.17, 15) is 19.2 Å². The highest BCUT2D eigenvalue weighted by Gasteiger charge is 2.34. The maximum absolute atomic E-state index is 12.4. The first kappa shape index (κ1) is 25.9. The van der Waals surface area contributed by atoms with Gasteiger partial charge in [0.1, 0.15) is 0 Å². The summed E-state index contributed by atoms with van der Waals surface area (Å²) in [4.78, 5) is 47.0. The van der Waals surface area contributed by atoms with E-state index in [2.05, 4.69) is 12.2 Å². The Labute approximate surface area is 180 Å². The second-order valence-electron chi connectivity index (χ2n) is 8.73. The predicted octanol–water partition coefficient (Wildman–Crippen LogP) is 1.88. The van der Waals surface area contributed by atoms with Crippen LogP contribution < -0.4 is 22.5 Å². The van der Waals surface area contributed by atoms with Crippen molar-refractivity contribution in [2.75, 3.05) is 0 Å². The number of carbonyl (C=O) groups excluding carboxylic acids is 4. The Morgan fingerprint density at radius 2 is 1.33 bits per heavy atom. The number of hydrogen-bond donors (Lipinski definition) is 4. The summed E-state index contributed by atoms with van der Waals surface area (Å²) in [6.45, 7) is 2.22. The maximum atomic E-state index is 12.4. The van der Waals surface area contributed by atoms with Gasteiger partial charge in [0.2, 0.25) is 23.6 Å². The summed E-state index contributed by atoms with van der Waals surface area (Å²) >= 11 is 0. The van der Waals surface area contributed by atoms with Crippen molar-refractivity contribution in [3.05, 3.63) is 0 Å². The highest BCUT2D eigenvalue weighted by atomic mass is 16.2. The molecule has 172 valence electrons. The smallest absolute Gasteiger partial charge is 0.221 e. The maximum Gasteiger partial charge on any atom is 0.221 e. The van der Waals surface area contributed by atoms with E-state index in [0.717, 1.165) is 31.6 Å². The number of amides is 4. The Hall–Kier alpha value is -2.12. The molecule has 8 nitrogen and oxygen atoms in total. The molecule has 1 saturated carbocycles. The topological polar surface area (TPSA) is 158 Å². The fourth-order valence-corrected chi connectivity index (χ4v) is 4.39. The molecule has 1 aliphatic carbocycles. The van der Waals surface area contributed by atoms with Gasteiger partial charge in [0, 0.05) is 18.9 Å². The molecule has 0 bridgehead atoms. The Morgan fingerprint density at radius 1 is 0.800 bits per heavy atom. The summed E-state index contributed by atoms with van der Waals surface area (Å²) in [5.41, 5.74) is 15.8. The van der Waals surface area contributed by atoms with Gasteiger partial charge in [-0.25, -0.2) is 0 Å². The van der Waals surface area contributed by atoms with Crippen LogP contribution >= 0.6 is 0 Å². The van der Waals surface area contributed by atoms with Crippen molar-refractivity contribution < 1.29 is 19.2 Å². The van der Waals surface area contributed by atoms with Crippen molar-refractivity contribution in [3.8, 4) is 0 Å². The number of unbranched alkanes of at least 4 members (excludes halogenated alkanes) is 5. The highest BCUT2D eigenvalue weighted by molar-refractivity contribution is 5.92. The van der Waals surface area contributed by atoms with Crippen molar-refractivity contribution in [1.29, 1.82) is 0 Å². The van der Waals surface area contributed by atoms with Crippen molar-refractivity contribution in [1.82, 2.24) is 5.32 Å². The van der Waals surface area contributed by atoms with Crippen LogP contribution in [0.25, 0.3) is 0 Å². The average Bonchev–Trinajstić information content (AvgIpc) is 2.68. The van der Waals surface area contributed by atoms with Crippen LogP contribution in [0.1, 0.15) is 90.4 Å². The van der Waals surface area contributed by atoms with Crippen LogP contribution in [0, 0.1) is 17.8 Å². The second-order valence-corrected chi connectivity index (χ2v) is 8.73. The highest BCUT2D eigenvalue weighted by Crippen LogP contribution is 2.29. The monoisotopic (exact) mass is 424 g/mol. The molecule has 1 aliphatic rings. The lowest BCUT2D eigenvalue weighted by Gasteiger charge is -2.30. The lowest BCUT2D eigenvalue weighted by Crippen LogP contribution is -2.44. The summed E-state index contributed by atoms with van der Waals surface area (Å²) < 4.78 is 0. The molecule has 2 atom stereocenters. The Bertz CT molecular complexity index is 573. The number of nitrogens with two attached hydrogens (primary N) is 3. The predicted molar refractivity (Wildman–Crippen MR) is 116 cm³/mol. The molecule has 0 aliphatic heterocycles. The lowest BCUT2D eigenvalue weighted by molar-refractivity contribution is -0.137. The Balaban J connectivity index is 2.39. The van der Waals surface area contributed by atoms with Crippen molar-refractivity contribution in [2.45, 2.75) is 96.4 Å². The van der Waals surface area contributed by atoms with Crippen LogP contribution in [0.3, 0.4) is 0 Å². The SMILES string of the molecule is CCCCCCCCC1CCC(NC(=O)CC(C(N)=O)C(CC(N)=O)C(N)=O)CC1. The fourth-order valence-electron chi connectivity index (χ4n) is 4.39. The first-order chi connectivity index (χ1) is 14.2. The summed E-state index contributed by atoms with van der Waals surface area (Å²) in [6, 6.07) is 0.0648. The third-order valence-corrected chi connectivity index (χ3v) is 6.22. The first-order valence-electron chi connectivity index (χ1n) is 11.4. The third-order valence-electron chi connectivity index (χ3n) is 6.22. The van der Waals surface area contributed by atoms with E-state index in [1.165, 1.54) is 44.9 Å². The molecular formula is C22H40N4O4. The third kappa shape index (κ3) is 10.1. The first-order valence-corrected chi connectivity index (χ1v) is 11.4. The molecule has 7 N–H and O–H groups in total. The van der Waals surface area contributed by atoms with Crippen molar-refractivity contribution >= 4 is 23.6 Å². The van der Waals surface area contributed by atoms with Crippen molar-refractivity contribution in [2.24, 2.45) is 35.0 Å². The standard InChI is InChI=1S/C22H40N4O4/c1-2-3-4-5-6-7-8-15-9-11-16(12-10-15)26-20(28)14-18(22(25)30)17(21(24)29)13-19(23)27/h15-18H,2-14H2,1H3,(H2,23,27)(H2,24,29)(H2,25,30)(H,26,28). The molecule has 0 spiro atoms. The van der Waals surface area contributed by atoms with Gasteiger partial charge in [0.25, 0.3) is 0 Å². The minimum absolute atomic E-state index is 0.0648. The second kappa shape index (κ2) is 14.0. The number of carbonyl (C=O) groups is 4. The zero-order chi connectivity index (χ0) is 22.5. The number of rotatable bonds is 15. The molecular weight excluding hydrogens is 384 g/mol. The normalized spacial score (nSPS) is 20.8.